The molecule has 0 atom stereocenters. The summed E-state index contributed by atoms with van der Waals surface area (Å²) in [4.78, 5) is 0. The third-order valence-electron chi connectivity index (χ3n) is 4.85. The zero-order valence-electron chi connectivity index (χ0n) is 16.2. The molecule has 2 heteroatoms. The minimum Gasteiger partial charge on any atom is -0.407 e. The van der Waals surface area contributed by atoms with E-state index in [9.17, 15) is 0 Å². The normalized spacial score (nSPS) is 12.6. The summed E-state index contributed by atoms with van der Waals surface area (Å²) < 4.78 is 6.85. The fourth-order valence-corrected chi connectivity index (χ4v) is 7.86. The molecule has 0 N–H and O–H groups in total. The Morgan fingerprint density at radius 3 is 1.64 bits per heavy atom. The molecule has 0 saturated carbocycles. The third kappa shape index (κ3) is 4.23. The quantitative estimate of drug-likeness (QED) is 0.546. The molecule has 0 aromatic heterocycles. The van der Waals surface area contributed by atoms with Gasteiger partial charge in [-0.25, -0.2) is 0 Å². The summed E-state index contributed by atoms with van der Waals surface area (Å²) in [7, 11) is -2.43. The first-order chi connectivity index (χ1) is 11.7. The summed E-state index contributed by atoms with van der Waals surface area (Å²) in [6, 6.07) is 21.5. The molecule has 0 bridgehead atoms. The van der Waals surface area contributed by atoms with Crippen molar-refractivity contribution in [1.29, 1.82) is 0 Å². The van der Waals surface area contributed by atoms with Gasteiger partial charge in [-0.05, 0) is 35.7 Å². The van der Waals surface area contributed by atoms with E-state index in [1.165, 1.54) is 10.4 Å². The van der Waals surface area contributed by atoms with Crippen molar-refractivity contribution in [2.24, 2.45) is 5.41 Å². The van der Waals surface area contributed by atoms with Gasteiger partial charge in [0.15, 0.2) is 0 Å². The zero-order valence-corrected chi connectivity index (χ0v) is 17.2. The maximum absolute atomic E-state index is 6.85. The first kappa shape index (κ1) is 19.5. The van der Waals surface area contributed by atoms with E-state index in [0.717, 1.165) is 6.42 Å². The lowest BCUT2D eigenvalue weighted by Gasteiger charge is -2.43. The monoisotopic (exact) mass is 350 g/mol. The molecule has 0 unspecified atom stereocenters. The average Bonchev–Trinajstić information content (AvgIpc) is 2.59. The van der Waals surface area contributed by atoms with Crippen molar-refractivity contribution in [3.63, 3.8) is 0 Å². The van der Waals surface area contributed by atoms with Crippen molar-refractivity contribution in [2.75, 3.05) is 6.61 Å². The molecule has 0 heterocycles. The number of benzene rings is 2. The van der Waals surface area contributed by atoms with E-state index in [0.29, 0.717) is 6.61 Å². The van der Waals surface area contributed by atoms with Crippen LogP contribution in [-0.2, 0) is 4.43 Å². The molecule has 0 aliphatic heterocycles. The van der Waals surface area contributed by atoms with Gasteiger partial charge in [-0.3, -0.25) is 0 Å². The third-order valence-corrected chi connectivity index (χ3v) is 9.90. The highest BCUT2D eigenvalue weighted by Gasteiger charge is 2.50. The zero-order chi connectivity index (χ0) is 18.6. The van der Waals surface area contributed by atoms with Crippen LogP contribution < -0.4 is 10.4 Å². The highest BCUT2D eigenvalue weighted by molar-refractivity contribution is 6.99. The van der Waals surface area contributed by atoms with Gasteiger partial charge in [-0.2, -0.15) is 0 Å². The molecule has 0 fully saturated rings. The van der Waals surface area contributed by atoms with E-state index < -0.39 is 8.32 Å². The molecular weight excluding hydrogens is 320 g/mol. The van der Waals surface area contributed by atoms with E-state index in [-0.39, 0.29) is 10.5 Å². The molecule has 2 rings (SSSR count). The highest BCUT2D eigenvalue weighted by Crippen LogP contribution is 2.37. The molecule has 25 heavy (non-hydrogen) atoms. The fraction of sp³-hybridized carbons (Fsp3) is 0.391. The molecule has 0 amide bonds. The molecule has 0 spiro atoms. The van der Waals surface area contributed by atoms with E-state index >= 15 is 0 Å². The Hall–Kier alpha value is -1.82. The molecule has 2 aromatic carbocycles. The van der Waals surface area contributed by atoms with Crippen LogP contribution in [0.15, 0.2) is 60.7 Å². The number of hydrogen-bond donors (Lipinski definition) is 0. The van der Waals surface area contributed by atoms with Crippen LogP contribution >= 0.6 is 0 Å². The maximum Gasteiger partial charge on any atom is 0.261 e. The molecular formula is C23H30OSi. The van der Waals surface area contributed by atoms with E-state index in [2.05, 4.69) is 101 Å². The SMILES string of the molecule is C#CC(C)(C)CCO[Si](c1ccccc1)(c1ccccc1)C(C)(C)C. The van der Waals surface area contributed by atoms with Gasteiger partial charge in [0.1, 0.15) is 0 Å². The minimum absolute atomic E-state index is 0.00991. The highest BCUT2D eigenvalue weighted by atomic mass is 28.4. The summed E-state index contributed by atoms with van der Waals surface area (Å²) in [5.74, 6) is 2.88. The summed E-state index contributed by atoms with van der Waals surface area (Å²) in [5, 5.41) is 2.63. The van der Waals surface area contributed by atoms with Crippen molar-refractivity contribution in [2.45, 2.75) is 46.1 Å². The predicted octanol–water partition coefficient (Wildman–Crippen LogP) is 4.61. The van der Waals surface area contributed by atoms with Gasteiger partial charge in [0, 0.05) is 12.0 Å². The summed E-state index contributed by atoms with van der Waals surface area (Å²) in [6.07, 6.45) is 6.53. The van der Waals surface area contributed by atoms with Crippen LogP contribution in [0.4, 0.5) is 0 Å². The van der Waals surface area contributed by atoms with Crippen LogP contribution in [0.1, 0.15) is 41.0 Å². The van der Waals surface area contributed by atoms with Crippen LogP contribution in [0.2, 0.25) is 5.04 Å². The largest absolute Gasteiger partial charge is 0.407 e. The molecule has 0 saturated heterocycles. The molecule has 132 valence electrons. The molecule has 0 radical (unpaired) electrons. The molecule has 0 aliphatic carbocycles. The van der Waals surface area contributed by atoms with Gasteiger partial charge in [-0.1, -0.05) is 81.4 Å². The van der Waals surface area contributed by atoms with Crippen LogP contribution in [0.5, 0.6) is 0 Å². The number of rotatable bonds is 6. The van der Waals surface area contributed by atoms with Crippen LogP contribution in [0.25, 0.3) is 0 Å². The second-order valence-corrected chi connectivity index (χ2v) is 12.6. The topological polar surface area (TPSA) is 9.23 Å². The molecule has 2 aromatic rings. The Balaban J connectivity index is 2.52. The van der Waals surface area contributed by atoms with Crippen molar-refractivity contribution in [3.05, 3.63) is 60.7 Å². The van der Waals surface area contributed by atoms with Gasteiger partial charge in [-0.15, -0.1) is 12.3 Å². The van der Waals surface area contributed by atoms with E-state index in [1.54, 1.807) is 0 Å². The van der Waals surface area contributed by atoms with Gasteiger partial charge < -0.3 is 4.43 Å². The predicted molar refractivity (Wildman–Crippen MR) is 111 cm³/mol. The first-order valence-corrected chi connectivity index (χ1v) is 10.9. The van der Waals surface area contributed by atoms with Crippen molar-refractivity contribution in [3.8, 4) is 12.3 Å². The van der Waals surface area contributed by atoms with Crippen molar-refractivity contribution >= 4 is 18.7 Å². The van der Waals surface area contributed by atoms with E-state index in [1.807, 2.05) is 0 Å². The van der Waals surface area contributed by atoms with Crippen LogP contribution in [-0.4, -0.2) is 14.9 Å². The summed E-state index contributed by atoms with van der Waals surface area (Å²) in [6.45, 7) is 11.8. The maximum atomic E-state index is 6.85. The van der Waals surface area contributed by atoms with Gasteiger partial charge >= 0.3 is 0 Å². The Kier molecular flexibility index (Phi) is 5.93. The first-order valence-electron chi connectivity index (χ1n) is 8.96. The van der Waals surface area contributed by atoms with Crippen LogP contribution in [0, 0.1) is 17.8 Å². The molecule has 0 aliphatic rings. The summed E-state index contributed by atoms with van der Waals surface area (Å²) in [5.41, 5.74) is -0.147. The number of terminal acetylenes is 1. The van der Waals surface area contributed by atoms with E-state index in [4.69, 9.17) is 10.8 Å². The van der Waals surface area contributed by atoms with Crippen molar-refractivity contribution in [1.82, 2.24) is 0 Å². The fourth-order valence-electron chi connectivity index (χ4n) is 3.29. The molecule has 1 nitrogen and oxygen atoms in total. The average molecular weight is 351 g/mol. The Morgan fingerprint density at radius 2 is 1.28 bits per heavy atom. The lowest BCUT2D eigenvalue weighted by Crippen LogP contribution is -2.66. The second kappa shape index (κ2) is 7.60. The second-order valence-electron chi connectivity index (χ2n) is 8.29. The van der Waals surface area contributed by atoms with Crippen LogP contribution in [0.3, 0.4) is 0 Å². The Morgan fingerprint density at radius 1 is 0.840 bits per heavy atom. The van der Waals surface area contributed by atoms with Gasteiger partial charge in [0.05, 0.1) is 0 Å². The minimum atomic E-state index is -2.43. The standard InChI is InChI=1S/C23H30OSi/c1-7-23(5,6)18-19-24-25(22(2,3)4,20-14-10-8-11-15-20)21-16-12-9-13-17-21/h1,8-17H,18-19H2,2-6H3. The Bertz CT molecular complexity index is 666. The summed E-state index contributed by atoms with van der Waals surface area (Å²) >= 11 is 0. The number of hydrogen-bond acceptors (Lipinski definition) is 1. The van der Waals surface area contributed by atoms with Gasteiger partial charge in [0.2, 0.25) is 0 Å². The lowest BCUT2D eigenvalue weighted by molar-refractivity contribution is 0.252. The lowest BCUT2D eigenvalue weighted by atomic mass is 9.91. The van der Waals surface area contributed by atoms with Crippen molar-refractivity contribution < 1.29 is 4.43 Å². The Labute approximate surface area is 154 Å². The smallest absolute Gasteiger partial charge is 0.261 e. The van der Waals surface area contributed by atoms with Gasteiger partial charge in [0.25, 0.3) is 8.32 Å².